The van der Waals surface area contributed by atoms with Gasteiger partial charge in [0, 0.05) is 25.8 Å². The van der Waals surface area contributed by atoms with Crippen molar-refractivity contribution in [2.45, 2.75) is 13.3 Å². The number of hydrogen-bond donors (Lipinski definition) is 2. The van der Waals surface area contributed by atoms with Crippen molar-refractivity contribution in [1.29, 1.82) is 0 Å². The molecule has 144 valence electrons. The molecule has 1 aliphatic rings. The Morgan fingerprint density at radius 2 is 2.00 bits per heavy atom. The van der Waals surface area contributed by atoms with E-state index in [0.717, 1.165) is 44.8 Å². The van der Waals surface area contributed by atoms with Crippen molar-refractivity contribution < 1.29 is 9.66 Å². The number of anilines is 3. The number of nitrogens with one attached hydrogen (secondary N) is 2. The molecule has 1 fully saturated rings. The zero-order valence-corrected chi connectivity index (χ0v) is 15.2. The average Bonchev–Trinajstić information content (AvgIpc) is 2.68. The zero-order valence-electron chi connectivity index (χ0n) is 15.2. The predicted octanol–water partition coefficient (Wildman–Crippen LogP) is 1.97. The fourth-order valence-corrected chi connectivity index (χ4v) is 2.84. The van der Waals surface area contributed by atoms with Gasteiger partial charge in [0.25, 0.3) is 0 Å². The second kappa shape index (κ2) is 9.19. The molecule has 2 aromatic rings. The molecule has 10 nitrogen and oxygen atoms in total. The van der Waals surface area contributed by atoms with Crippen LogP contribution in [0, 0.1) is 17.0 Å². The van der Waals surface area contributed by atoms with Crippen molar-refractivity contribution >= 4 is 23.1 Å². The maximum atomic E-state index is 11.6. The molecule has 0 aliphatic carbocycles. The van der Waals surface area contributed by atoms with Gasteiger partial charge >= 0.3 is 5.69 Å². The summed E-state index contributed by atoms with van der Waals surface area (Å²) in [5.41, 5.74) is 0.680. The molecule has 3 rings (SSSR count). The van der Waals surface area contributed by atoms with Gasteiger partial charge in [-0.1, -0.05) is 6.07 Å². The molecule has 0 aromatic carbocycles. The summed E-state index contributed by atoms with van der Waals surface area (Å²) in [7, 11) is 0. The summed E-state index contributed by atoms with van der Waals surface area (Å²) >= 11 is 0. The van der Waals surface area contributed by atoms with E-state index in [-0.39, 0.29) is 17.3 Å². The van der Waals surface area contributed by atoms with E-state index >= 15 is 0 Å². The van der Waals surface area contributed by atoms with Crippen LogP contribution in [0.2, 0.25) is 0 Å². The third kappa shape index (κ3) is 5.08. The third-order valence-corrected chi connectivity index (χ3v) is 4.30. The Hall–Kier alpha value is -2.85. The Morgan fingerprint density at radius 1 is 1.22 bits per heavy atom. The maximum absolute atomic E-state index is 11.6. The predicted molar refractivity (Wildman–Crippen MR) is 101 cm³/mol. The number of aromatic nitrogens is 3. The summed E-state index contributed by atoms with van der Waals surface area (Å²) in [5, 5.41) is 17.6. The van der Waals surface area contributed by atoms with Crippen LogP contribution in [0.3, 0.4) is 0 Å². The minimum absolute atomic E-state index is 0.118. The van der Waals surface area contributed by atoms with Crippen LogP contribution in [0.1, 0.15) is 12.0 Å². The normalized spacial score (nSPS) is 14.7. The van der Waals surface area contributed by atoms with Crippen LogP contribution >= 0.6 is 0 Å². The van der Waals surface area contributed by atoms with Gasteiger partial charge in [-0.25, -0.2) is 15.0 Å². The summed E-state index contributed by atoms with van der Waals surface area (Å²) in [6, 6.07) is 3.67. The first kappa shape index (κ1) is 18.9. The molecular formula is C17H23N7O3. The number of ether oxygens (including phenoxy) is 1. The van der Waals surface area contributed by atoms with E-state index in [4.69, 9.17) is 4.74 Å². The lowest BCUT2D eigenvalue weighted by molar-refractivity contribution is -0.383. The first-order chi connectivity index (χ1) is 13.1. The van der Waals surface area contributed by atoms with E-state index in [0.29, 0.717) is 12.4 Å². The van der Waals surface area contributed by atoms with E-state index < -0.39 is 4.92 Å². The summed E-state index contributed by atoms with van der Waals surface area (Å²) < 4.78 is 5.33. The van der Waals surface area contributed by atoms with E-state index in [1.54, 1.807) is 12.3 Å². The summed E-state index contributed by atoms with van der Waals surface area (Å²) in [4.78, 5) is 25.7. The van der Waals surface area contributed by atoms with Gasteiger partial charge < -0.3 is 15.4 Å². The van der Waals surface area contributed by atoms with Crippen LogP contribution in [-0.4, -0.2) is 64.2 Å². The third-order valence-electron chi connectivity index (χ3n) is 4.30. The van der Waals surface area contributed by atoms with E-state index in [2.05, 4.69) is 30.5 Å². The van der Waals surface area contributed by atoms with E-state index in [1.165, 1.54) is 6.33 Å². The van der Waals surface area contributed by atoms with Gasteiger partial charge in [-0.2, -0.15) is 0 Å². The molecule has 0 amide bonds. The van der Waals surface area contributed by atoms with Crippen molar-refractivity contribution in [2.24, 2.45) is 0 Å². The standard InChI is InChI=1S/C17H23N7O3/c1-13-4-2-5-18-15(13)22-17-14(24(25)26)16(20-12-21-17)19-6-3-7-23-8-10-27-11-9-23/h2,4-5,12H,3,6-11H2,1H3,(H2,18,19,20,21,22). The number of nitrogens with zero attached hydrogens (tertiary/aromatic N) is 5. The molecular weight excluding hydrogens is 350 g/mol. The molecule has 0 saturated carbocycles. The second-order valence-electron chi connectivity index (χ2n) is 6.20. The highest BCUT2D eigenvalue weighted by Gasteiger charge is 2.23. The number of rotatable bonds is 8. The first-order valence-corrected chi connectivity index (χ1v) is 8.87. The smallest absolute Gasteiger partial charge is 0.353 e. The molecule has 0 bridgehead atoms. The fraction of sp³-hybridized carbons (Fsp3) is 0.471. The number of pyridine rings is 1. The number of morpholine rings is 1. The Kier molecular flexibility index (Phi) is 6.44. The number of hydrogen-bond acceptors (Lipinski definition) is 9. The lowest BCUT2D eigenvalue weighted by Gasteiger charge is -2.26. The van der Waals surface area contributed by atoms with Gasteiger partial charge in [0.05, 0.1) is 18.1 Å². The van der Waals surface area contributed by atoms with E-state index in [1.807, 2.05) is 13.0 Å². The van der Waals surface area contributed by atoms with Gasteiger partial charge in [0.15, 0.2) is 0 Å². The molecule has 27 heavy (non-hydrogen) atoms. The Morgan fingerprint density at radius 3 is 2.74 bits per heavy atom. The average molecular weight is 373 g/mol. The maximum Gasteiger partial charge on any atom is 0.353 e. The molecule has 2 aromatic heterocycles. The van der Waals surface area contributed by atoms with Crippen molar-refractivity contribution in [1.82, 2.24) is 19.9 Å². The zero-order chi connectivity index (χ0) is 19.1. The monoisotopic (exact) mass is 373 g/mol. The van der Waals surface area contributed by atoms with Gasteiger partial charge in [-0.05, 0) is 31.5 Å². The van der Waals surface area contributed by atoms with Crippen molar-refractivity contribution in [3.05, 3.63) is 40.3 Å². The van der Waals surface area contributed by atoms with E-state index in [9.17, 15) is 10.1 Å². The van der Waals surface area contributed by atoms with Gasteiger partial charge in [-0.3, -0.25) is 15.0 Å². The van der Waals surface area contributed by atoms with Crippen molar-refractivity contribution in [3.8, 4) is 0 Å². The topological polar surface area (TPSA) is 118 Å². The van der Waals surface area contributed by atoms with Gasteiger partial charge in [-0.15, -0.1) is 0 Å². The number of nitro groups is 1. The highest BCUT2D eigenvalue weighted by molar-refractivity contribution is 5.73. The molecule has 0 spiro atoms. The Balaban J connectivity index is 1.66. The second-order valence-corrected chi connectivity index (χ2v) is 6.20. The van der Waals surface area contributed by atoms with Crippen LogP contribution in [0.15, 0.2) is 24.7 Å². The lowest BCUT2D eigenvalue weighted by Crippen LogP contribution is -2.37. The first-order valence-electron chi connectivity index (χ1n) is 8.87. The minimum Gasteiger partial charge on any atom is -0.379 e. The molecule has 1 aliphatic heterocycles. The molecule has 0 atom stereocenters. The Bertz CT molecular complexity index is 781. The Labute approximate surface area is 157 Å². The van der Waals surface area contributed by atoms with Crippen LogP contribution in [0.4, 0.5) is 23.1 Å². The highest BCUT2D eigenvalue weighted by atomic mass is 16.6. The largest absolute Gasteiger partial charge is 0.379 e. The van der Waals surface area contributed by atoms with Crippen LogP contribution in [0.25, 0.3) is 0 Å². The van der Waals surface area contributed by atoms with Crippen LogP contribution < -0.4 is 10.6 Å². The minimum atomic E-state index is -0.481. The highest BCUT2D eigenvalue weighted by Crippen LogP contribution is 2.31. The van der Waals surface area contributed by atoms with Crippen molar-refractivity contribution in [3.63, 3.8) is 0 Å². The molecule has 3 heterocycles. The van der Waals surface area contributed by atoms with Crippen LogP contribution in [-0.2, 0) is 4.74 Å². The quantitative estimate of drug-likeness (QED) is 0.406. The summed E-state index contributed by atoms with van der Waals surface area (Å²) in [6.07, 6.45) is 3.77. The van der Waals surface area contributed by atoms with Gasteiger partial charge in [0.1, 0.15) is 12.1 Å². The molecule has 10 heteroatoms. The van der Waals surface area contributed by atoms with Crippen molar-refractivity contribution in [2.75, 3.05) is 50.0 Å². The lowest BCUT2D eigenvalue weighted by atomic mass is 10.3. The summed E-state index contributed by atoms with van der Waals surface area (Å²) in [5.74, 6) is 0.845. The molecule has 0 radical (unpaired) electrons. The molecule has 0 unspecified atom stereocenters. The molecule has 2 N–H and O–H groups in total. The van der Waals surface area contributed by atoms with Gasteiger partial charge in [0.2, 0.25) is 11.6 Å². The number of aryl methyl sites for hydroxylation is 1. The fourth-order valence-electron chi connectivity index (χ4n) is 2.84. The molecule has 1 saturated heterocycles. The summed E-state index contributed by atoms with van der Waals surface area (Å²) in [6.45, 7) is 6.72. The SMILES string of the molecule is Cc1cccnc1Nc1ncnc(NCCCN2CCOCC2)c1[N+](=O)[O-]. The van der Waals surface area contributed by atoms with Crippen LogP contribution in [0.5, 0.6) is 0 Å².